The molecule has 0 aliphatic heterocycles. The van der Waals surface area contributed by atoms with E-state index >= 15 is 0 Å². The number of aryl methyl sites for hydroxylation is 2. The minimum absolute atomic E-state index is 0. The summed E-state index contributed by atoms with van der Waals surface area (Å²) in [7, 11) is 0. The van der Waals surface area contributed by atoms with Gasteiger partial charge in [0.25, 0.3) is 0 Å². The van der Waals surface area contributed by atoms with Crippen LogP contribution in [0.15, 0.2) is 6.07 Å². The molecule has 1 aromatic rings. The summed E-state index contributed by atoms with van der Waals surface area (Å²) in [5.74, 6) is 0. The van der Waals surface area contributed by atoms with Gasteiger partial charge in [-0.25, -0.2) is 4.98 Å². The van der Waals surface area contributed by atoms with Crippen molar-refractivity contribution < 1.29 is 12.4 Å². The Labute approximate surface area is 81.8 Å². The summed E-state index contributed by atoms with van der Waals surface area (Å²) in [6, 6.07) is 1.81. The van der Waals surface area contributed by atoms with Gasteiger partial charge in [-0.05, 0) is 19.9 Å². The largest absolute Gasteiger partial charge is 1.00 e. The maximum Gasteiger partial charge on any atom is 0.424 e. The molecule has 0 fully saturated rings. The highest BCUT2D eigenvalue weighted by atomic mass is 35.5. The van der Waals surface area contributed by atoms with Crippen LogP contribution in [-0.2, 0) is 0 Å². The van der Waals surface area contributed by atoms with Crippen molar-refractivity contribution >= 4 is 17.3 Å². The van der Waals surface area contributed by atoms with Gasteiger partial charge in [-0.3, -0.25) is 0 Å². The Balaban J connectivity index is 0.00000121. The van der Waals surface area contributed by atoms with Crippen molar-refractivity contribution in [1.29, 1.82) is 5.39 Å². The highest BCUT2D eigenvalue weighted by Crippen LogP contribution is 2.26. The zero-order chi connectivity index (χ0) is 8.43. The topological polar surface area (TPSA) is 41.0 Å². The van der Waals surface area contributed by atoms with E-state index in [2.05, 4.69) is 9.96 Å². The molecule has 0 N–H and O–H groups in total. The van der Waals surface area contributed by atoms with Gasteiger partial charge in [0.2, 0.25) is 10.5 Å². The number of pyridine rings is 1. The molecule has 12 heavy (non-hydrogen) atoms. The molecule has 0 spiro atoms. The molecule has 0 saturated carbocycles. The molecule has 0 radical (unpaired) electrons. The third-order valence-corrected chi connectivity index (χ3v) is 1.63. The first kappa shape index (κ1) is 11.2. The lowest BCUT2D eigenvalue weighted by Crippen LogP contribution is -3.00. The van der Waals surface area contributed by atoms with E-state index in [1.54, 1.807) is 6.07 Å². The first-order chi connectivity index (χ1) is 5.15. The first-order valence-corrected chi connectivity index (χ1v) is 3.52. The van der Waals surface area contributed by atoms with Gasteiger partial charge in [0.1, 0.15) is 0 Å². The fraction of sp³-hybridized carbons (Fsp3) is 0.286. The van der Waals surface area contributed by atoms with Gasteiger partial charge >= 0.3 is 5.69 Å². The minimum atomic E-state index is 0. The van der Waals surface area contributed by atoms with Crippen LogP contribution in [0.2, 0.25) is 5.15 Å². The first-order valence-electron chi connectivity index (χ1n) is 3.14. The van der Waals surface area contributed by atoms with Crippen LogP contribution in [0.4, 0.5) is 5.69 Å². The molecule has 3 nitrogen and oxygen atoms in total. The van der Waals surface area contributed by atoms with E-state index in [-0.39, 0.29) is 17.6 Å². The number of halogens is 2. The van der Waals surface area contributed by atoms with Gasteiger partial charge in [-0.1, -0.05) is 11.6 Å². The molecule has 0 aromatic carbocycles. The van der Waals surface area contributed by atoms with Crippen LogP contribution in [0.5, 0.6) is 0 Å². The second-order valence-corrected chi connectivity index (χ2v) is 2.68. The van der Waals surface area contributed by atoms with Crippen LogP contribution in [0.3, 0.4) is 0 Å². The molecule has 0 unspecified atom stereocenters. The molecule has 0 atom stereocenters. The van der Waals surface area contributed by atoms with Crippen LogP contribution < -0.4 is 12.4 Å². The van der Waals surface area contributed by atoms with Crippen molar-refractivity contribution in [3.8, 4) is 0 Å². The van der Waals surface area contributed by atoms with Crippen molar-refractivity contribution in [2.24, 2.45) is 0 Å². The normalized spacial score (nSPS) is 8.50. The number of aromatic nitrogens is 1. The van der Waals surface area contributed by atoms with Gasteiger partial charge in [0, 0.05) is 11.3 Å². The Morgan fingerprint density at radius 3 is 2.50 bits per heavy atom. The van der Waals surface area contributed by atoms with Crippen LogP contribution in [0, 0.1) is 19.2 Å². The van der Waals surface area contributed by atoms with E-state index in [9.17, 15) is 0 Å². The van der Waals surface area contributed by atoms with Crippen molar-refractivity contribution in [1.82, 2.24) is 4.98 Å². The highest BCUT2D eigenvalue weighted by Gasteiger charge is 2.17. The average molecular weight is 204 g/mol. The Bertz CT molecular complexity index is 307. The zero-order valence-electron chi connectivity index (χ0n) is 6.67. The monoisotopic (exact) mass is 203 g/mol. The summed E-state index contributed by atoms with van der Waals surface area (Å²) in [6.07, 6.45) is 0. The van der Waals surface area contributed by atoms with E-state index in [0.717, 1.165) is 11.3 Å². The summed E-state index contributed by atoms with van der Waals surface area (Å²) >= 11 is 5.67. The summed E-state index contributed by atoms with van der Waals surface area (Å²) < 4.78 is 0. The van der Waals surface area contributed by atoms with Crippen molar-refractivity contribution in [2.75, 3.05) is 0 Å². The molecule has 0 bridgehead atoms. The second-order valence-electron chi connectivity index (χ2n) is 2.32. The Morgan fingerprint density at radius 2 is 2.08 bits per heavy atom. The van der Waals surface area contributed by atoms with Gasteiger partial charge in [-0.15, -0.1) is 0 Å². The lowest BCUT2D eigenvalue weighted by Gasteiger charge is -1.92. The third kappa shape index (κ3) is 2.07. The lowest BCUT2D eigenvalue weighted by molar-refractivity contribution is -0.00000266. The lowest BCUT2D eigenvalue weighted by atomic mass is 10.2. The standard InChI is InChI=1S/C7H7ClN3.ClH/c1-4-3-5(2)10-7(8)6(4)11-9;/h3H,1-2H3;1H/q+1;/p-1. The van der Waals surface area contributed by atoms with E-state index in [1.165, 1.54) is 0 Å². The van der Waals surface area contributed by atoms with Crippen LogP contribution in [0.1, 0.15) is 11.3 Å². The van der Waals surface area contributed by atoms with Gasteiger partial charge in [0.05, 0.1) is 0 Å². The highest BCUT2D eigenvalue weighted by molar-refractivity contribution is 6.32. The molecule has 0 amide bonds. The summed E-state index contributed by atoms with van der Waals surface area (Å²) in [5.41, 5.74) is 1.99. The van der Waals surface area contributed by atoms with Crippen LogP contribution >= 0.6 is 11.6 Å². The molecule has 1 aromatic heterocycles. The molecular weight excluding hydrogens is 197 g/mol. The molecule has 0 aliphatic carbocycles. The summed E-state index contributed by atoms with van der Waals surface area (Å²) in [4.78, 5) is 6.93. The quantitative estimate of drug-likeness (QED) is 0.435. The molecule has 1 rings (SSSR count). The Kier molecular flexibility index (Phi) is 3.94. The molecule has 1 heterocycles. The minimum Gasteiger partial charge on any atom is -1.00 e. The molecule has 5 heteroatoms. The number of nitrogens with zero attached hydrogens (tertiary/aromatic N) is 3. The number of hydrogen-bond acceptors (Lipinski definition) is 2. The SMILES string of the molecule is Cc1cc(C)c([N+]#N)c(Cl)n1.[Cl-]. The van der Waals surface area contributed by atoms with Crippen molar-refractivity contribution in [3.63, 3.8) is 0 Å². The van der Waals surface area contributed by atoms with E-state index < -0.39 is 0 Å². The number of diazo groups is 1. The van der Waals surface area contributed by atoms with E-state index in [1.807, 2.05) is 13.8 Å². The maximum absolute atomic E-state index is 8.49. The van der Waals surface area contributed by atoms with E-state index in [4.69, 9.17) is 17.0 Å². The third-order valence-electron chi connectivity index (χ3n) is 1.37. The Morgan fingerprint density at radius 1 is 1.50 bits per heavy atom. The van der Waals surface area contributed by atoms with Crippen molar-refractivity contribution in [2.45, 2.75) is 13.8 Å². The number of rotatable bonds is 0. The van der Waals surface area contributed by atoms with Crippen LogP contribution in [0.25, 0.3) is 4.98 Å². The fourth-order valence-electron chi connectivity index (χ4n) is 0.905. The zero-order valence-corrected chi connectivity index (χ0v) is 8.19. The van der Waals surface area contributed by atoms with Gasteiger partial charge in [-0.2, -0.15) is 0 Å². The molecule has 0 aliphatic rings. The van der Waals surface area contributed by atoms with Gasteiger partial charge in [0.15, 0.2) is 4.98 Å². The van der Waals surface area contributed by atoms with Crippen LogP contribution in [-0.4, -0.2) is 4.98 Å². The fourth-order valence-corrected chi connectivity index (χ4v) is 1.22. The molecule has 64 valence electrons. The van der Waals surface area contributed by atoms with Gasteiger partial charge < -0.3 is 12.4 Å². The molecular formula is C7H7Cl2N3. The Hall–Kier alpha value is -0.850. The summed E-state index contributed by atoms with van der Waals surface area (Å²) in [5, 5.41) is 8.73. The smallest absolute Gasteiger partial charge is 0.424 e. The number of hydrogen-bond donors (Lipinski definition) is 0. The molecule has 0 saturated heterocycles. The second kappa shape index (κ2) is 4.24. The average Bonchev–Trinajstić information content (AvgIpc) is 1.85. The maximum atomic E-state index is 8.49. The predicted octanol–water partition coefficient (Wildman–Crippen LogP) is -0.160. The van der Waals surface area contributed by atoms with E-state index in [0.29, 0.717) is 5.69 Å². The summed E-state index contributed by atoms with van der Waals surface area (Å²) in [6.45, 7) is 3.65. The predicted molar refractivity (Wildman–Crippen MR) is 43.5 cm³/mol. The van der Waals surface area contributed by atoms with Crippen molar-refractivity contribution in [3.05, 3.63) is 27.5 Å².